The molecule has 18 heavy (non-hydrogen) atoms. The molecule has 2 rings (SSSR count). The van der Waals surface area contributed by atoms with Crippen LogP contribution in [0, 0.1) is 6.92 Å². The van der Waals surface area contributed by atoms with Crippen LogP contribution in [0.3, 0.4) is 0 Å². The van der Waals surface area contributed by atoms with Crippen LogP contribution in [0.4, 0.5) is 11.8 Å². The number of nitrogen functional groups attached to an aromatic ring is 1. The molecule has 1 saturated heterocycles. The molecule has 100 valence electrons. The average molecular weight is 250 g/mol. The Labute approximate surface area is 108 Å². The fourth-order valence-electron chi connectivity index (χ4n) is 2.21. The Morgan fingerprint density at radius 2 is 2.39 bits per heavy atom. The fourth-order valence-corrected chi connectivity index (χ4v) is 2.21. The first-order valence-electron chi connectivity index (χ1n) is 6.70. The SMILES string of the molecule is Cc1cnc(N)nc1NCCCCC1CCCO1. The summed E-state index contributed by atoms with van der Waals surface area (Å²) < 4.78 is 5.60. The van der Waals surface area contributed by atoms with Crippen molar-refractivity contribution in [2.24, 2.45) is 0 Å². The number of aromatic nitrogens is 2. The Kier molecular flexibility index (Phi) is 4.75. The summed E-state index contributed by atoms with van der Waals surface area (Å²) in [4.78, 5) is 8.12. The third-order valence-electron chi connectivity index (χ3n) is 3.26. The summed E-state index contributed by atoms with van der Waals surface area (Å²) >= 11 is 0. The van der Waals surface area contributed by atoms with Crippen molar-refractivity contribution in [1.29, 1.82) is 0 Å². The van der Waals surface area contributed by atoms with E-state index in [1.807, 2.05) is 6.92 Å². The van der Waals surface area contributed by atoms with E-state index < -0.39 is 0 Å². The van der Waals surface area contributed by atoms with Gasteiger partial charge in [-0.2, -0.15) is 4.98 Å². The highest BCUT2D eigenvalue weighted by Crippen LogP contribution is 2.17. The van der Waals surface area contributed by atoms with Crippen molar-refractivity contribution in [2.45, 2.75) is 45.1 Å². The summed E-state index contributed by atoms with van der Waals surface area (Å²) in [5.41, 5.74) is 6.59. The van der Waals surface area contributed by atoms with Gasteiger partial charge in [-0.25, -0.2) is 4.98 Å². The van der Waals surface area contributed by atoms with Crippen molar-refractivity contribution in [3.63, 3.8) is 0 Å². The highest BCUT2D eigenvalue weighted by atomic mass is 16.5. The van der Waals surface area contributed by atoms with Crippen LogP contribution < -0.4 is 11.1 Å². The number of unbranched alkanes of at least 4 members (excludes halogenated alkanes) is 1. The fraction of sp³-hybridized carbons (Fsp3) is 0.692. The molecule has 1 aliphatic rings. The third-order valence-corrected chi connectivity index (χ3v) is 3.26. The monoisotopic (exact) mass is 250 g/mol. The minimum Gasteiger partial charge on any atom is -0.378 e. The minimum atomic E-state index is 0.322. The van der Waals surface area contributed by atoms with Gasteiger partial charge in [-0.1, -0.05) is 0 Å². The second-order valence-electron chi connectivity index (χ2n) is 4.82. The van der Waals surface area contributed by atoms with Crippen molar-refractivity contribution in [2.75, 3.05) is 24.2 Å². The number of nitrogens with zero attached hydrogens (tertiary/aromatic N) is 2. The maximum absolute atomic E-state index is 5.60. The maximum Gasteiger partial charge on any atom is 0.221 e. The first-order chi connectivity index (χ1) is 8.75. The van der Waals surface area contributed by atoms with E-state index in [0.717, 1.165) is 31.0 Å². The lowest BCUT2D eigenvalue weighted by molar-refractivity contribution is 0.102. The van der Waals surface area contributed by atoms with Gasteiger partial charge in [-0.15, -0.1) is 0 Å². The standard InChI is InChI=1S/C13H22N4O/c1-10-9-16-13(14)17-12(10)15-7-3-2-5-11-6-4-8-18-11/h9,11H,2-8H2,1H3,(H3,14,15,16,17). The van der Waals surface area contributed by atoms with Crippen molar-refractivity contribution in [3.8, 4) is 0 Å². The van der Waals surface area contributed by atoms with Crippen LogP contribution in [0.15, 0.2) is 6.20 Å². The molecule has 5 nitrogen and oxygen atoms in total. The number of nitrogens with two attached hydrogens (primary N) is 1. The Morgan fingerprint density at radius 3 is 3.17 bits per heavy atom. The van der Waals surface area contributed by atoms with Crippen LogP contribution in [0.25, 0.3) is 0 Å². The van der Waals surface area contributed by atoms with E-state index in [-0.39, 0.29) is 0 Å². The Morgan fingerprint density at radius 1 is 1.50 bits per heavy atom. The summed E-state index contributed by atoms with van der Waals surface area (Å²) in [6.45, 7) is 3.85. The second-order valence-corrected chi connectivity index (χ2v) is 4.82. The molecule has 1 fully saturated rings. The van der Waals surface area contributed by atoms with E-state index in [1.165, 1.54) is 25.7 Å². The molecule has 1 atom stereocenters. The van der Waals surface area contributed by atoms with Crippen molar-refractivity contribution in [3.05, 3.63) is 11.8 Å². The molecule has 1 aromatic rings. The average Bonchev–Trinajstić information content (AvgIpc) is 2.86. The molecule has 0 radical (unpaired) electrons. The van der Waals surface area contributed by atoms with Crippen LogP contribution in [0.2, 0.25) is 0 Å². The van der Waals surface area contributed by atoms with Crippen molar-refractivity contribution >= 4 is 11.8 Å². The lowest BCUT2D eigenvalue weighted by Gasteiger charge is -2.10. The molecule has 1 unspecified atom stereocenters. The van der Waals surface area contributed by atoms with Gasteiger partial charge in [0.05, 0.1) is 6.10 Å². The second kappa shape index (κ2) is 6.54. The molecule has 2 heterocycles. The van der Waals surface area contributed by atoms with Gasteiger partial charge in [-0.3, -0.25) is 0 Å². The van der Waals surface area contributed by atoms with Crippen LogP contribution in [0.1, 0.15) is 37.7 Å². The molecule has 0 bridgehead atoms. The minimum absolute atomic E-state index is 0.322. The zero-order valence-electron chi connectivity index (χ0n) is 11.0. The number of nitrogens with one attached hydrogen (secondary N) is 1. The van der Waals surface area contributed by atoms with Gasteiger partial charge in [0, 0.05) is 24.9 Å². The van der Waals surface area contributed by atoms with Crippen molar-refractivity contribution in [1.82, 2.24) is 9.97 Å². The summed E-state index contributed by atoms with van der Waals surface area (Å²) in [7, 11) is 0. The molecular weight excluding hydrogens is 228 g/mol. The number of ether oxygens (including phenoxy) is 1. The number of hydrogen-bond acceptors (Lipinski definition) is 5. The molecule has 1 aromatic heterocycles. The van der Waals surface area contributed by atoms with E-state index in [0.29, 0.717) is 12.1 Å². The van der Waals surface area contributed by atoms with Gasteiger partial charge < -0.3 is 15.8 Å². The summed E-state index contributed by atoms with van der Waals surface area (Å²) in [5.74, 6) is 1.17. The van der Waals surface area contributed by atoms with Crippen LogP contribution in [-0.2, 0) is 4.74 Å². The highest BCUT2D eigenvalue weighted by molar-refractivity contribution is 5.44. The van der Waals surface area contributed by atoms with E-state index in [2.05, 4.69) is 15.3 Å². The molecular formula is C13H22N4O. The van der Waals surface area contributed by atoms with Crippen LogP contribution >= 0.6 is 0 Å². The lowest BCUT2D eigenvalue weighted by atomic mass is 10.1. The highest BCUT2D eigenvalue weighted by Gasteiger charge is 2.14. The number of hydrogen-bond donors (Lipinski definition) is 2. The Bertz CT molecular complexity index is 377. The molecule has 5 heteroatoms. The summed E-state index contributed by atoms with van der Waals surface area (Å²) in [5, 5.41) is 3.31. The Balaban J connectivity index is 1.64. The van der Waals surface area contributed by atoms with Gasteiger partial charge in [0.2, 0.25) is 5.95 Å². The molecule has 0 amide bonds. The van der Waals surface area contributed by atoms with Gasteiger partial charge in [-0.05, 0) is 39.0 Å². The van der Waals surface area contributed by atoms with Crippen LogP contribution in [-0.4, -0.2) is 29.2 Å². The van der Waals surface area contributed by atoms with Gasteiger partial charge in [0.1, 0.15) is 5.82 Å². The molecule has 1 aliphatic heterocycles. The quantitative estimate of drug-likeness (QED) is 0.757. The van der Waals surface area contributed by atoms with E-state index in [1.54, 1.807) is 6.20 Å². The number of anilines is 2. The normalized spacial score (nSPS) is 19.1. The third kappa shape index (κ3) is 3.84. The lowest BCUT2D eigenvalue weighted by Crippen LogP contribution is -2.09. The molecule has 3 N–H and O–H groups in total. The van der Waals surface area contributed by atoms with E-state index >= 15 is 0 Å². The van der Waals surface area contributed by atoms with Crippen LogP contribution in [0.5, 0.6) is 0 Å². The first-order valence-corrected chi connectivity index (χ1v) is 6.70. The smallest absolute Gasteiger partial charge is 0.221 e. The van der Waals surface area contributed by atoms with Gasteiger partial charge in [0.15, 0.2) is 0 Å². The number of rotatable bonds is 6. The zero-order valence-corrected chi connectivity index (χ0v) is 11.0. The molecule has 0 saturated carbocycles. The van der Waals surface area contributed by atoms with Crippen molar-refractivity contribution < 1.29 is 4.74 Å². The molecule has 0 aliphatic carbocycles. The zero-order chi connectivity index (χ0) is 12.8. The van der Waals surface area contributed by atoms with Gasteiger partial charge in [0.25, 0.3) is 0 Å². The molecule has 0 aromatic carbocycles. The summed E-state index contributed by atoms with van der Waals surface area (Å²) in [6.07, 6.45) is 8.20. The van der Waals surface area contributed by atoms with E-state index in [9.17, 15) is 0 Å². The predicted octanol–water partition coefficient (Wildman–Crippen LogP) is 2.13. The summed E-state index contributed by atoms with van der Waals surface area (Å²) in [6, 6.07) is 0. The largest absolute Gasteiger partial charge is 0.378 e. The van der Waals surface area contributed by atoms with E-state index in [4.69, 9.17) is 10.5 Å². The first kappa shape index (κ1) is 13.1. The Hall–Kier alpha value is -1.36. The maximum atomic E-state index is 5.60. The topological polar surface area (TPSA) is 73.1 Å². The number of aryl methyl sites for hydroxylation is 1. The van der Waals surface area contributed by atoms with Gasteiger partial charge >= 0.3 is 0 Å². The molecule has 0 spiro atoms. The predicted molar refractivity (Wildman–Crippen MR) is 72.5 cm³/mol.